The molecule has 0 radical (unpaired) electrons. The molecule has 0 spiro atoms. The first-order valence-corrected chi connectivity index (χ1v) is 10.9. The summed E-state index contributed by atoms with van der Waals surface area (Å²) < 4.78 is 0. The molecule has 0 aliphatic rings. The van der Waals surface area contributed by atoms with Gasteiger partial charge in [-0.15, -0.1) is 0 Å². The summed E-state index contributed by atoms with van der Waals surface area (Å²) in [6.07, 6.45) is 16.3. The summed E-state index contributed by atoms with van der Waals surface area (Å²) in [5, 5.41) is 23.1. The van der Waals surface area contributed by atoms with Crippen LogP contribution < -0.4 is 10.2 Å². The second-order valence-corrected chi connectivity index (χ2v) is 7.75. The normalized spacial score (nSPS) is 11.2. The average molecular weight is 409 g/mol. The van der Waals surface area contributed by atoms with Crippen LogP contribution in [-0.2, 0) is 9.59 Å². The van der Waals surface area contributed by atoms with Crippen molar-refractivity contribution >= 4 is 49.7 Å². The smallest absolute Gasteiger partial charge is 0.549 e. The molecule has 0 fully saturated rings. The maximum atomic E-state index is 11.5. The summed E-state index contributed by atoms with van der Waals surface area (Å²) in [5.74, 6) is -2.94. The topological polar surface area (TPSA) is 80.3 Å². The Balaban J connectivity index is 0. The molecule has 0 unspecified atom stereocenters. The first kappa shape index (κ1) is 29.4. The number of unbranched alkanes of at least 4 members (excludes halogenated alkanes) is 13. The van der Waals surface area contributed by atoms with Crippen molar-refractivity contribution in [3.63, 3.8) is 0 Å². The molecule has 154 valence electrons. The van der Waals surface area contributed by atoms with Crippen molar-refractivity contribution in [3.05, 3.63) is 0 Å². The van der Waals surface area contributed by atoms with Crippen LogP contribution in [-0.4, -0.2) is 49.7 Å². The van der Waals surface area contributed by atoms with Gasteiger partial charge in [-0.3, -0.25) is 0 Å². The van der Waals surface area contributed by atoms with Crippen molar-refractivity contribution in [2.45, 2.75) is 123 Å². The summed E-state index contributed by atoms with van der Waals surface area (Å²) in [6, 6.07) is 0. The van der Waals surface area contributed by atoms with Crippen LogP contribution in [0.4, 0.5) is 0 Å². The van der Waals surface area contributed by atoms with Crippen molar-refractivity contribution in [3.8, 4) is 0 Å². The Bertz CT molecular complexity index is 357. The second-order valence-electron chi connectivity index (χ2n) is 7.75. The van der Waals surface area contributed by atoms with Crippen molar-refractivity contribution in [2.75, 3.05) is 0 Å². The minimum Gasteiger partial charge on any atom is -0.549 e. The SMILES string of the molecule is CCCCCCCCCCCCC(CCCCCCC)(C(=O)[O-])C(=O)[O-].[Ca+2]. The fourth-order valence-electron chi connectivity index (χ4n) is 3.56. The van der Waals surface area contributed by atoms with Crippen LogP contribution in [0.25, 0.3) is 0 Å². The zero-order valence-corrected chi connectivity index (χ0v) is 20.1. The molecule has 0 bridgehead atoms. The minimum atomic E-state index is -1.80. The van der Waals surface area contributed by atoms with Crippen LogP contribution in [0.15, 0.2) is 0 Å². The molecule has 0 aliphatic carbocycles. The predicted octanol–water partition coefficient (Wildman–Crippen LogP) is 3.76. The van der Waals surface area contributed by atoms with Gasteiger partial charge in [0.1, 0.15) is 0 Å². The molecule has 0 saturated heterocycles. The molecule has 4 nitrogen and oxygen atoms in total. The number of hydrogen-bond donors (Lipinski definition) is 0. The fourth-order valence-corrected chi connectivity index (χ4v) is 3.56. The number of aliphatic carboxylic acids is 2. The van der Waals surface area contributed by atoms with Crippen LogP contribution in [0.1, 0.15) is 123 Å². The molecule has 0 amide bonds. The molecule has 0 heterocycles. The third kappa shape index (κ3) is 13.9. The van der Waals surface area contributed by atoms with Gasteiger partial charge >= 0.3 is 37.7 Å². The average Bonchev–Trinajstić information content (AvgIpc) is 2.60. The maximum Gasteiger partial charge on any atom is 2.00 e. The van der Waals surface area contributed by atoms with Crippen LogP contribution >= 0.6 is 0 Å². The van der Waals surface area contributed by atoms with E-state index >= 15 is 0 Å². The summed E-state index contributed by atoms with van der Waals surface area (Å²) in [4.78, 5) is 23.1. The van der Waals surface area contributed by atoms with E-state index in [-0.39, 0.29) is 50.6 Å². The van der Waals surface area contributed by atoms with E-state index in [4.69, 9.17) is 0 Å². The van der Waals surface area contributed by atoms with E-state index in [2.05, 4.69) is 13.8 Å². The molecular formula is C22H40CaO4. The first-order valence-electron chi connectivity index (χ1n) is 10.9. The van der Waals surface area contributed by atoms with Gasteiger partial charge in [0.05, 0.1) is 11.9 Å². The maximum absolute atomic E-state index is 11.5. The zero-order valence-electron chi connectivity index (χ0n) is 17.9. The molecule has 0 aromatic heterocycles. The van der Waals surface area contributed by atoms with Gasteiger partial charge in [0.15, 0.2) is 0 Å². The number of rotatable bonds is 19. The summed E-state index contributed by atoms with van der Waals surface area (Å²) in [7, 11) is 0. The third-order valence-electron chi connectivity index (χ3n) is 5.45. The molecule has 0 aromatic rings. The van der Waals surface area contributed by atoms with Crippen LogP contribution in [0.3, 0.4) is 0 Å². The van der Waals surface area contributed by atoms with Crippen molar-refractivity contribution in [1.82, 2.24) is 0 Å². The van der Waals surface area contributed by atoms with Gasteiger partial charge < -0.3 is 19.8 Å². The number of carbonyl (C=O) groups is 2. The van der Waals surface area contributed by atoms with Crippen molar-refractivity contribution in [1.29, 1.82) is 0 Å². The van der Waals surface area contributed by atoms with Crippen molar-refractivity contribution in [2.24, 2.45) is 5.41 Å². The Labute approximate surface area is 196 Å². The van der Waals surface area contributed by atoms with Gasteiger partial charge in [-0.25, -0.2) is 0 Å². The Morgan fingerprint density at radius 2 is 0.815 bits per heavy atom. The van der Waals surface area contributed by atoms with Gasteiger partial charge in [-0.2, -0.15) is 0 Å². The van der Waals surface area contributed by atoms with E-state index in [9.17, 15) is 19.8 Å². The molecule has 0 saturated carbocycles. The Hall–Kier alpha value is 0.200. The molecule has 5 heteroatoms. The number of carboxylic acids is 2. The molecular weight excluding hydrogens is 368 g/mol. The molecule has 27 heavy (non-hydrogen) atoms. The molecule has 0 aromatic carbocycles. The Morgan fingerprint density at radius 3 is 1.07 bits per heavy atom. The van der Waals surface area contributed by atoms with E-state index in [0.717, 1.165) is 44.9 Å². The Kier molecular flexibility index (Phi) is 21.2. The van der Waals surface area contributed by atoms with Gasteiger partial charge in [0, 0.05) is 5.41 Å². The molecule has 0 rings (SSSR count). The summed E-state index contributed by atoms with van der Waals surface area (Å²) in [6.45, 7) is 4.32. The molecule has 0 atom stereocenters. The fraction of sp³-hybridized carbons (Fsp3) is 0.909. The summed E-state index contributed by atoms with van der Waals surface area (Å²) >= 11 is 0. The van der Waals surface area contributed by atoms with Crippen LogP contribution in [0, 0.1) is 5.41 Å². The van der Waals surface area contributed by atoms with Crippen molar-refractivity contribution < 1.29 is 19.8 Å². The van der Waals surface area contributed by atoms with E-state index in [0.29, 0.717) is 12.8 Å². The van der Waals surface area contributed by atoms with Gasteiger partial charge in [-0.1, -0.05) is 110 Å². The van der Waals surface area contributed by atoms with Crippen LogP contribution in [0.2, 0.25) is 0 Å². The van der Waals surface area contributed by atoms with E-state index < -0.39 is 17.4 Å². The number of carboxylic acid groups (broad SMARTS) is 2. The number of carbonyl (C=O) groups excluding carboxylic acids is 2. The first-order chi connectivity index (χ1) is 12.5. The van der Waals surface area contributed by atoms with E-state index in [1.165, 1.54) is 38.5 Å². The monoisotopic (exact) mass is 408 g/mol. The Morgan fingerprint density at radius 1 is 0.556 bits per heavy atom. The second kappa shape index (κ2) is 19.5. The van der Waals surface area contributed by atoms with E-state index in [1.54, 1.807) is 0 Å². The van der Waals surface area contributed by atoms with Gasteiger partial charge in [0.25, 0.3) is 0 Å². The molecule has 0 aliphatic heterocycles. The van der Waals surface area contributed by atoms with Gasteiger partial charge in [0.2, 0.25) is 0 Å². The van der Waals surface area contributed by atoms with E-state index in [1.807, 2.05) is 0 Å². The quantitative estimate of drug-likeness (QED) is 0.185. The number of hydrogen-bond acceptors (Lipinski definition) is 4. The zero-order chi connectivity index (χ0) is 19.7. The predicted molar refractivity (Wildman–Crippen MR) is 108 cm³/mol. The van der Waals surface area contributed by atoms with Crippen LogP contribution in [0.5, 0.6) is 0 Å². The third-order valence-corrected chi connectivity index (χ3v) is 5.45. The summed E-state index contributed by atoms with van der Waals surface area (Å²) in [5.41, 5.74) is -1.80. The standard InChI is InChI=1S/C22H42O4.Ca/c1-3-5-7-9-10-11-12-13-15-17-19-22(20(23)24,21(25)26)18-16-14-8-6-4-2;/h3-19H2,1-2H3,(H,23,24)(H,25,26);/q;+2/p-2. The minimum absolute atomic E-state index is 0. The molecule has 0 N–H and O–H groups in total. The van der Waals surface area contributed by atoms with Gasteiger partial charge in [-0.05, 0) is 12.8 Å². The largest absolute Gasteiger partial charge is 2.00 e.